The third kappa shape index (κ3) is 10.3. The van der Waals surface area contributed by atoms with Crippen LogP contribution < -0.4 is 0 Å². The number of carbonyl (C=O) groups is 1. The van der Waals surface area contributed by atoms with E-state index in [9.17, 15) is 4.79 Å². The molecule has 0 bridgehead atoms. The SMILES string of the molecule is C=CCC(CCCC)CCC[C@H]1CCC[C@@H]1CCC=CC=CC(=O)O. The van der Waals surface area contributed by atoms with Gasteiger partial charge < -0.3 is 5.11 Å². The smallest absolute Gasteiger partial charge is 0.328 e. The van der Waals surface area contributed by atoms with Gasteiger partial charge in [0.2, 0.25) is 0 Å². The number of carboxylic acids is 1. The zero-order chi connectivity index (χ0) is 18.3. The summed E-state index contributed by atoms with van der Waals surface area (Å²) in [4.78, 5) is 10.4. The molecule has 2 nitrogen and oxygen atoms in total. The summed E-state index contributed by atoms with van der Waals surface area (Å²) in [5.41, 5.74) is 0. The molecule has 1 N–H and O–H groups in total. The predicted octanol–water partition coefficient (Wildman–Crippen LogP) is 6.93. The Balaban J connectivity index is 2.25. The molecular formula is C23H38O2. The van der Waals surface area contributed by atoms with Crippen molar-refractivity contribution in [3.8, 4) is 0 Å². The number of hydrogen-bond acceptors (Lipinski definition) is 1. The third-order valence-electron chi connectivity index (χ3n) is 5.66. The van der Waals surface area contributed by atoms with Crippen LogP contribution in [0.15, 0.2) is 37.0 Å². The first-order valence-electron chi connectivity index (χ1n) is 10.3. The monoisotopic (exact) mass is 346 g/mol. The second-order valence-corrected chi connectivity index (χ2v) is 7.62. The quantitative estimate of drug-likeness (QED) is 0.210. The molecule has 0 radical (unpaired) electrons. The number of aliphatic carboxylic acids is 1. The topological polar surface area (TPSA) is 37.3 Å². The summed E-state index contributed by atoms with van der Waals surface area (Å²) in [6, 6.07) is 0. The van der Waals surface area contributed by atoms with Crippen molar-refractivity contribution in [1.82, 2.24) is 0 Å². The highest BCUT2D eigenvalue weighted by atomic mass is 16.4. The van der Waals surface area contributed by atoms with Crippen LogP contribution in [0.25, 0.3) is 0 Å². The first-order valence-corrected chi connectivity index (χ1v) is 10.3. The summed E-state index contributed by atoms with van der Waals surface area (Å²) in [5.74, 6) is 1.76. The molecule has 1 saturated carbocycles. The molecule has 3 atom stereocenters. The molecule has 0 saturated heterocycles. The average molecular weight is 347 g/mol. The lowest BCUT2D eigenvalue weighted by molar-refractivity contribution is -0.131. The van der Waals surface area contributed by atoms with Crippen LogP contribution >= 0.6 is 0 Å². The van der Waals surface area contributed by atoms with E-state index in [2.05, 4.69) is 25.7 Å². The van der Waals surface area contributed by atoms with Crippen molar-refractivity contribution in [2.45, 2.75) is 84.0 Å². The Kier molecular flexibility index (Phi) is 12.1. The molecular weight excluding hydrogens is 308 g/mol. The highest BCUT2D eigenvalue weighted by Crippen LogP contribution is 2.38. The summed E-state index contributed by atoms with van der Waals surface area (Å²) in [6.45, 7) is 6.20. The standard InChI is InChI=1S/C23H38O2/c1-3-5-13-20(12-4-2)14-10-16-22-18-11-17-21(22)15-8-6-7-9-19-23(24)25/h4,6-7,9,19-22H,2-3,5,8,10-18H2,1H3,(H,24,25)/t20?,21-,22-/m0/s1. The van der Waals surface area contributed by atoms with E-state index < -0.39 is 5.97 Å². The fraction of sp³-hybridized carbons (Fsp3) is 0.696. The van der Waals surface area contributed by atoms with Gasteiger partial charge in [-0.1, -0.05) is 89.0 Å². The first-order chi connectivity index (χ1) is 12.2. The molecule has 1 aliphatic rings. The normalized spacial score (nSPS) is 22.0. The molecule has 0 aromatic rings. The second-order valence-electron chi connectivity index (χ2n) is 7.62. The Morgan fingerprint density at radius 2 is 1.88 bits per heavy atom. The maximum atomic E-state index is 10.4. The summed E-state index contributed by atoms with van der Waals surface area (Å²) in [6.07, 6.45) is 24.7. The first kappa shape index (κ1) is 21.7. The van der Waals surface area contributed by atoms with Gasteiger partial charge in [0.05, 0.1) is 0 Å². The molecule has 0 amide bonds. The van der Waals surface area contributed by atoms with Crippen molar-refractivity contribution in [2.24, 2.45) is 17.8 Å². The molecule has 1 aliphatic carbocycles. The van der Waals surface area contributed by atoms with Crippen LogP contribution in [-0.4, -0.2) is 11.1 Å². The highest BCUT2D eigenvalue weighted by molar-refractivity contribution is 5.80. The van der Waals surface area contributed by atoms with Gasteiger partial charge in [0.15, 0.2) is 0 Å². The molecule has 2 heteroatoms. The number of hydrogen-bond donors (Lipinski definition) is 1. The van der Waals surface area contributed by atoms with Crippen LogP contribution in [0.3, 0.4) is 0 Å². The predicted molar refractivity (Wildman–Crippen MR) is 108 cm³/mol. The van der Waals surface area contributed by atoms with Gasteiger partial charge in [-0.2, -0.15) is 0 Å². The van der Waals surface area contributed by atoms with Crippen molar-refractivity contribution in [2.75, 3.05) is 0 Å². The van der Waals surface area contributed by atoms with Crippen LogP contribution in [-0.2, 0) is 4.79 Å². The second kappa shape index (κ2) is 13.9. The summed E-state index contributed by atoms with van der Waals surface area (Å²) in [5, 5.41) is 8.55. The van der Waals surface area contributed by atoms with Gasteiger partial charge in [-0.15, -0.1) is 6.58 Å². The molecule has 25 heavy (non-hydrogen) atoms. The van der Waals surface area contributed by atoms with E-state index in [1.807, 2.05) is 6.08 Å². The minimum atomic E-state index is -0.880. The molecule has 0 heterocycles. The zero-order valence-corrected chi connectivity index (χ0v) is 16.2. The lowest BCUT2D eigenvalue weighted by Gasteiger charge is -2.21. The van der Waals surface area contributed by atoms with Gasteiger partial charge >= 0.3 is 5.97 Å². The lowest BCUT2D eigenvalue weighted by atomic mass is 9.85. The van der Waals surface area contributed by atoms with Crippen molar-refractivity contribution >= 4 is 5.97 Å². The van der Waals surface area contributed by atoms with Gasteiger partial charge in [-0.05, 0) is 37.0 Å². The number of rotatable bonds is 14. The molecule has 1 fully saturated rings. The van der Waals surface area contributed by atoms with Gasteiger partial charge in [0.1, 0.15) is 0 Å². The highest BCUT2D eigenvalue weighted by Gasteiger charge is 2.26. The van der Waals surface area contributed by atoms with Crippen LogP contribution in [0.1, 0.15) is 84.0 Å². The van der Waals surface area contributed by atoms with Crippen molar-refractivity contribution in [3.63, 3.8) is 0 Å². The van der Waals surface area contributed by atoms with Crippen LogP contribution in [0.4, 0.5) is 0 Å². The van der Waals surface area contributed by atoms with Crippen LogP contribution in [0.5, 0.6) is 0 Å². The number of unbranched alkanes of at least 4 members (excludes halogenated alkanes) is 1. The van der Waals surface area contributed by atoms with Crippen molar-refractivity contribution < 1.29 is 9.90 Å². The fourth-order valence-corrected chi connectivity index (χ4v) is 4.27. The van der Waals surface area contributed by atoms with Gasteiger partial charge in [0.25, 0.3) is 0 Å². The molecule has 0 aromatic heterocycles. The Bertz CT molecular complexity index is 422. The van der Waals surface area contributed by atoms with E-state index in [4.69, 9.17) is 5.11 Å². The Morgan fingerprint density at radius 3 is 2.56 bits per heavy atom. The third-order valence-corrected chi connectivity index (χ3v) is 5.66. The van der Waals surface area contributed by atoms with Crippen molar-refractivity contribution in [3.05, 3.63) is 37.0 Å². The Hall–Kier alpha value is -1.31. The molecule has 1 unspecified atom stereocenters. The minimum Gasteiger partial charge on any atom is -0.478 e. The average Bonchev–Trinajstić information content (AvgIpc) is 3.03. The van der Waals surface area contributed by atoms with Crippen LogP contribution in [0.2, 0.25) is 0 Å². The zero-order valence-electron chi connectivity index (χ0n) is 16.2. The van der Waals surface area contributed by atoms with E-state index in [-0.39, 0.29) is 0 Å². The largest absolute Gasteiger partial charge is 0.478 e. The fourth-order valence-electron chi connectivity index (χ4n) is 4.27. The van der Waals surface area contributed by atoms with E-state index >= 15 is 0 Å². The summed E-state index contributed by atoms with van der Waals surface area (Å²) in [7, 11) is 0. The van der Waals surface area contributed by atoms with E-state index in [1.54, 1.807) is 6.08 Å². The van der Waals surface area contributed by atoms with Gasteiger partial charge in [0, 0.05) is 6.08 Å². The summed E-state index contributed by atoms with van der Waals surface area (Å²) < 4.78 is 0. The van der Waals surface area contributed by atoms with E-state index in [1.165, 1.54) is 76.7 Å². The maximum absolute atomic E-state index is 10.4. The molecule has 142 valence electrons. The molecule has 0 aromatic carbocycles. The van der Waals surface area contributed by atoms with Crippen molar-refractivity contribution in [1.29, 1.82) is 0 Å². The molecule has 0 aliphatic heterocycles. The Morgan fingerprint density at radius 1 is 1.16 bits per heavy atom. The summed E-state index contributed by atoms with van der Waals surface area (Å²) >= 11 is 0. The molecule has 0 spiro atoms. The molecule has 1 rings (SSSR count). The Labute approximate surface area is 155 Å². The minimum absolute atomic E-state index is 0.848. The lowest BCUT2D eigenvalue weighted by Crippen LogP contribution is -2.09. The maximum Gasteiger partial charge on any atom is 0.328 e. The number of carboxylic acid groups (broad SMARTS) is 1. The van der Waals surface area contributed by atoms with E-state index in [0.717, 1.165) is 24.2 Å². The van der Waals surface area contributed by atoms with Crippen LogP contribution in [0, 0.1) is 17.8 Å². The van der Waals surface area contributed by atoms with Gasteiger partial charge in [-0.3, -0.25) is 0 Å². The van der Waals surface area contributed by atoms with Gasteiger partial charge in [-0.25, -0.2) is 4.79 Å². The van der Waals surface area contributed by atoms with E-state index in [0.29, 0.717) is 0 Å². The number of allylic oxidation sites excluding steroid dienone is 4.